The van der Waals surface area contributed by atoms with Crippen LogP contribution in [-0.2, 0) is 18.4 Å². The normalized spacial score (nSPS) is 9.50. The van der Waals surface area contributed by atoms with E-state index in [1.54, 1.807) is 0 Å². The third-order valence-electron chi connectivity index (χ3n) is 1.01. The fraction of sp³-hybridized carbons (Fsp3) is 0.333. The van der Waals surface area contributed by atoms with Crippen LogP contribution in [0.5, 0.6) is 0 Å². The van der Waals surface area contributed by atoms with Gasteiger partial charge in [-0.1, -0.05) is 35.9 Å². The van der Waals surface area contributed by atoms with E-state index in [2.05, 4.69) is 0 Å². The molecular weight excluding hydrogens is 204 g/mol. The Balaban J connectivity index is 0. The fourth-order valence-corrected chi connectivity index (χ4v) is 0.767. The Bertz CT molecular complexity index is 217. The topological polar surface area (TPSA) is 0 Å². The molecule has 14 heavy (non-hydrogen) atoms. The van der Waals surface area contributed by atoms with Crippen LogP contribution in [0.15, 0.2) is 30.3 Å². The zero-order valence-corrected chi connectivity index (χ0v) is 8.95. The molecule has 0 aliphatic carbocycles. The Morgan fingerprint density at radius 2 is 1.50 bits per heavy atom. The maximum Gasteiger partial charge on any atom is 1.00 e. The van der Waals surface area contributed by atoms with E-state index in [9.17, 15) is 13.2 Å². The molecule has 0 aromatic heterocycles. The first-order chi connectivity index (χ1) is 5.93. The number of benzene rings is 1. The summed E-state index contributed by atoms with van der Waals surface area (Å²) in [4.78, 5) is 0. The van der Waals surface area contributed by atoms with Gasteiger partial charge in [0.25, 0.3) is 0 Å². The summed E-state index contributed by atoms with van der Waals surface area (Å²) in [5.74, 6) is 0.723. The van der Waals surface area contributed by atoms with E-state index in [0.717, 1.165) is 5.75 Å². The van der Waals surface area contributed by atoms with Crippen LogP contribution in [-0.4, -0.2) is 6.18 Å². The number of alkyl halides is 3. The number of hydrogen-bond donors (Lipinski definition) is 0. The van der Waals surface area contributed by atoms with E-state index in [4.69, 9.17) is 12.6 Å². The predicted octanol–water partition coefficient (Wildman–Crippen LogP) is 0.306. The zero-order chi connectivity index (χ0) is 10.3. The van der Waals surface area contributed by atoms with Crippen molar-refractivity contribution in [3.63, 3.8) is 0 Å². The molecule has 0 fully saturated rings. The summed E-state index contributed by atoms with van der Waals surface area (Å²) in [6, 6.07) is 10.1. The van der Waals surface area contributed by atoms with Gasteiger partial charge in [-0.2, -0.15) is 18.9 Å². The molecule has 0 nitrogen and oxygen atoms in total. The van der Waals surface area contributed by atoms with E-state index in [0.29, 0.717) is 0 Å². The molecule has 74 valence electrons. The van der Waals surface area contributed by atoms with E-state index < -0.39 is 6.18 Å². The van der Waals surface area contributed by atoms with Crippen LogP contribution in [0.25, 0.3) is 0 Å². The first-order valence-electron chi connectivity index (χ1n) is 3.62. The van der Waals surface area contributed by atoms with Gasteiger partial charge in [0.2, 0.25) is 0 Å². The van der Waals surface area contributed by atoms with Crippen molar-refractivity contribution in [2.75, 3.05) is 0 Å². The minimum Gasteiger partial charge on any atom is -0.788 e. The molecule has 0 amide bonds. The largest absolute Gasteiger partial charge is 1.00 e. The Labute approximate surface area is 99.5 Å². The van der Waals surface area contributed by atoms with Crippen LogP contribution in [0.1, 0.15) is 12.5 Å². The van der Waals surface area contributed by atoms with Gasteiger partial charge in [0.1, 0.15) is 0 Å². The zero-order valence-electron chi connectivity index (χ0n) is 8.14. The molecule has 0 saturated heterocycles. The Kier molecular flexibility index (Phi) is 9.69. The fourth-order valence-electron chi connectivity index (χ4n) is 0.574. The van der Waals surface area contributed by atoms with E-state index in [-0.39, 0.29) is 25.8 Å². The maximum absolute atomic E-state index is 10.4. The maximum atomic E-state index is 10.4. The Morgan fingerprint density at radius 1 is 1.14 bits per heavy atom. The van der Waals surface area contributed by atoms with Gasteiger partial charge in [-0.05, 0) is 0 Å². The molecule has 0 heterocycles. The molecule has 0 N–H and O–H groups in total. The molecule has 0 unspecified atom stereocenters. The van der Waals surface area contributed by atoms with E-state index in [1.807, 2.05) is 30.3 Å². The summed E-state index contributed by atoms with van der Waals surface area (Å²) in [6.45, 7) is 0.188. The molecule has 0 spiro atoms. The minimum absolute atomic E-state index is 0. The number of halogens is 3. The van der Waals surface area contributed by atoms with Crippen molar-refractivity contribution < 1.29 is 32.0 Å². The molecule has 0 aliphatic rings. The smallest absolute Gasteiger partial charge is 0.788 e. The number of rotatable bonds is 1. The molecule has 1 aromatic rings. The third kappa shape index (κ3) is 14.5. The van der Waals surface area contributed by atoms with Gasteiger partial charge in [-0.25, -0.2) is 0 Å². The summed E-state index contributed by atoms with van der Waals surface area (Å²) < 4.78 is 31.1. The van der Waals surface area contributed by atoms with E-state index >= 15 is 0 Å². The van der Waals surface area contributed by atoms with Gasteiger partial charge in [-0.3, -0.25) is 0 Å². The van der Waals surface area contributed by atoms with Gasteiger partial charge in [0.05, 0.1) is 0 Å². The van der Waals surface area contributed by atoms with Crippen LogP contribution in [0, 0.1) is 0 Å². The third-order valence-corrected chi connectivity index (χ3v) is 1.34. The van der Waals surface area contributed by atoms with Gasteiger partial charge in [-0.15, -0.1) is 0 Å². The van der Waals surface area contributed by atoms with Gasteiger partial charge in [0.15, 0.2) is 0 Å². The van der Waals surface area contributed by atoms with E-state index in [1.165, 1.54) is 5.56 Å². The SMILES string of the molecule is CC(F)(F)F.[Li+].[S-]Cc1ccccc1. The van der Waals surface area contributed by atoms with Crippen LogP contribution >= 0.6 is 0 Å². The van der Waals surface area contributed by atoms with Gasteiger partial charge in [0, 0.05) is 6.92 Å². The number of hydrogen-bond acceptors (Lipinski definition) is 1. The van der Waals surface area contributed by atoms with Crippen molar-refractivity contribution >= 4 is 12.6 Å². The minimum atomic E-state index is -4.00. The standard InChI is InChI=1S/C7H8S.C2H3F3.Li/c8-6-7-4-2-1-3-5-7;1-2(3,4)5;/h1-5,8H,6H2;1H3;/q;;+1/p-1. The first kappa shape index (κ1) is 16.4. The van der Waals surface area contributed by atoms with Crippen molar-refractivity contribution in [2.45, 2.75) is 18.9 Å². The molecular formula is C9H10F3LiS. The average molecular weight is 214 g/mol. The molecule has 1 aromatic carbocycles. The summed E-state index contributed by atoms with van der Waals surface area (Å²) in [6.07, 6.45) is -4.00. The summed E-state index contributed by atoms with van der Waals surface area (Å²) in [7, 11) is 0. The summed E-state index contributed by atoms with van der Waals surface area (Å²) >= 11 is 4.82. The van der Waals surface area contributed by atoms with Crippen molar-refractivity contribution in [2.24, 2.45) is 0 Å². The van der Waals surface area contributed by atoms with Crippen LogP contribution < -0.4 is 18.9 Å². The quantitative estimate of drug-likeness (QED) is 0.479. The molecule has 0 atom stereocenters. The second kappa shape index (κ2) is 8.28. The van der Waals surface area contributed by atoms with Crippen molar-refractivity contribution in [3.8, 4) is 0 Å². The molecule has 0 radical (unpaired) electrons. The molecule has 0 aliphatic heterocycles. The van der Waals surface area contributed by atoms with Crippen LogP contribution in [0.2, 0.25) is 0 Å². The Hall–Kier alpha value is -0.0426. The second-order valence-electron chi connectivity index (χ2n) is 2.41. The van der Waals surface area contributed by atoms with Crippen molar-refractivity contribution in [3.05, 3.63) is 35.9 Å². The van der Waals surface area contributed by atoms with Crippen LogP contribution in [0.3, 0.4) is 0 Å². The first-order valence-corrected chi connectivity index (χ1v) is 4.20. The summed E-state index contributed by atoms with van der Waals surface area (Å²) in [5, 5.41) is 0. The van der Waals surface area contributed by atoms with Gasteiger partial charge >= 0.3 is 25.0 Å². The summed E-state index contributed by atoms with van der Waals surface area (Å²) in [5.41, 5.74) is 1.22. The average Bonchev–Trinajstić information content (AvgIpc) is 2.03. The van der Waals surface area contributed by atoms with Crippen LogP contribution in [0.4, 0.5) is 13.2 Å². The second-order valence-corrected chi connectivity index (χ2v) is 2.70. The van der Waals surface area contributed by atoms with Crippen molar-refractivity contribution in [1.82, 2.24) is 0 Å². The molecule has 1 rings (SSSR count). The molecule has 0 saturated carbocycles. The molecule has 5 heteroatoms. The monoisotopic (exact) mass is 214 g/mol. The van der Waals surface area contributed by atoms with Gasteiger partial charge < -0.3 is 12.6 Å². The van der Waals surface area contributed by atoms with Crippen molar-refractivity contribution in [1.29, 1.82) is 0 Å². The Morgan fingerprint density at radius 3 is 1.71 bits per heavy atom. The molecule has 0 bridgehead atoms. The predicted molar refractivity (Wildman–Crippen MR) is 49.2 cm³/mol.